The van der Waals surface area contributed by atoms with Gasteiger partial charge in [0.15, 0.2) is 0 Å². The first kappa shape index (κ1) is 34.9. The van der Waals surface area contributed by atoms with Gasteiger partial charge in [-0.05, 0) is 42.7 Å². The second kappa shape index (κ2) is 15.4. The topological polar surface area (TPSA) is 138 Å². The molecule has 2 saturated heterocycles. The molecule has 11 nitrogen and oxygen atoms in total. The molecule has 0 spiro atoms. The Labute approximate surface area is 306 Å². The summed E-state index contributed by atoms with van der Waals surface area (Å²) in [7, 11) is 1.59. The number of carbonyl (C=O) groups is 3. The van der Waals surface area contributed by atoms with Gasteiger partial charge < -0.3 is 30.9 Å². The summed E-state index contributed by atoms with van der Waals surface area (Å²) in [6, 6.07) is 17.5. The zero-order valence-electron chi connectivity index (χ0n) is 28.2. The van der Waals surface area contributed by atoms with Crippen LogP contribution in [0.4, 0.5) is 0 Å². The van der Waals surface area contributed by atoms with Gasteiger partial charge in [0.2, 0.25) is 17.7 Å². The minimum atomic E-state index is -0.00229. The molecule has 2 aromatic carbocycles. The van der Waals surface area contributed by atoms with Gasteiger partial charge in [0.1, 0.15) is 0 Å². The van der Waals surface area contributed by atoms with E-state index in [1.54, 1.807) is 13.3 Å². The third-order valence-electron chi connectivity index (χ3n) is 9.67. The predicted molar refractivity (Wildman–Crippen MR) is 197 cm³/mol. The molecule has 7 rings (SSSR count). The predicted octanol–water partition coefficient (Wildman–Crippen LogP) is 4.99. The van der Waals surface area contributed by atoms with Crippen LogP contribution in [0.5, 0.6) is 5.88 Å². The van der Waals surface area contributed by atoms with Crippen LogP contribution in [0.2, 0.25) is 10.0 Å². The van der Waals surface area contributed by atoms with Crippen LogP contribution in [0.1, 0.15) is 47.2 Å². The highest BCUT2D eigenvalue weighted by Gasteiger charge is 2.28. The molecule has 2 atom stereocenters. The zero-order valence-corrected chi connectivity index (χ0v) is 29.7. The van der Waals surface area contributed by atoms with E-state index < -0.39 is 0 Å². The number of methoxy groups -OCH3 is 1. The number of rotatable bonds is 13. The second-order valence-electron chi connectivity index (χ2n) is 13.1. The van der Waals surface area contributed by atoms with Gasteiger partial charge in [-0.15, -0.1) is 0 Å². The van der Waals surface area contributed by atoms with E-state index in [0.29, 0.717) is 85.0 Å². The van der Waals surface area contributed by atoms with Crippen LogP contribution >= 0.6 is 23.2 Å². The molecule has 4 aromatic rings. The highest BCUT2D eigenvalue weighted by atomic mass is 35.5. The lowest BCUT2D eigenvalue weighted by Gasteiger charge is -2.17. The number of pyridine rings is 2. The normalized spacial score (nSPS) is 18.3. The van der Waals surface area contributed by atoms with Crippen LogP contribution in [0.25, 0.3) is 33.6 Å². The molecule has 0 saturated carbocycles. The largest absolute Gasteiger partial charge is 0.481 e. The van der Waals surface area contributed by atoms with Crippen molar-refractivity contribution in [1.82, 2.24) is 36.1 Å². The summed E-state index contributed by atoms with van der Waals surface area (Å²) >= 11 is 14.2. The lowest BCUT2D eigenvalue weighted by atomic mass is 9.98. The summed E-state index contributed by atoms with van der Waals surface area (Å²) < 4.78 is 5.64. The summed E-state index contributed by atoms with van der Waals surface area (Å²) in [5.74, 6) is 0.677. The third-order valence-corrected chi connectivity index (χ3v) is 10.5. The van der Waals surface area contributed by atoms with E-state index in [0.717, 1.165) is 46.2 Å². The van der Waals surface area contributed by atoms with Crippen molar-refractivity contribution in [1.29, 1.82) is 0 Å². The molecular weight excluding hydrogens is 689 g/mol. The number of halogens is 2. The number of benzene rings is 2. The molecule has 4 N–H and O–H groups in total. The molecule has 2 aromatic heterocycles. The molecule has 51 heavy (non-hydrogen) atoms. The SMILES string of the molecule is COc1nc(-c2cccc(-c3ccnc(-c4ccc5c(c4)CN(CCNCC4CCC(=O)N4)C5=O)c3Cl)c2Cl)ccc1CNCC1CCC(=O)N1. The number of aromatic nitrogens is 2. The second-order valence-corrected chi connectivity index (χ2v) is 13.8. The zero-order chi connectivity index (χ0) is 35.5. The number of hydrogen-bond donors (Lipinski definition) is 4. The van der Waals surface area contributed by atoms with Crippen molar-refractivity contribution in [3.8, 4) is 39.5 Å². The fraction of sp³-hybridized carbons (Fsp3) is 0.342. The van der Waals surface area contributed by atoms with Crippen LogP contribution in [0, 0.1) is 0 Å². The Balaban J connectivity index is 1.05. The van der Waals surface area contributed by atoms with E-state index >= 15 is 0 Å². The number of amides is 3. The van der Waals surface area contributed by atoms with Crippen molar-refractivity contribution in [2.75, 3.05) is 33.3 Å². The average molecular weight is 729 g/mol. The molecule has 3 aliphatic heterocycles. The van der Waals surface area contributed by atoms with Crippen LogP contribution in [-0.2, 0) is 22.7 Å². The van der Waals surface area contributed by atoms with Gasteiger partial charge in [-0.2, -0.15) is 0 Å². The van der Waals surface area contributed by atoms with Gasteiger partial charge in [0.05, 0.1) is 28.5 Å². The Morgan fingerprint density at radius 1 is 0.863 bits per heavy atom. The highest BCUT2D eigenvalue weighted by Crippen LogP contribution is 2.42. The van der Waals surface area contributed by atoms with Crippen molar-refractivity contribution < 1.29 is 19.1 Å². The van der Waals surface area contributed by atoms with E-state index in [9.17, 15) is 14.4 Å². The first-order chi connectivity index (χ1) is 24.8. The minimum absolute atomic E-state index is 0.00229. The quantitative estimate of drug-likeness (QED) is 0.142. The Kier molecular flexibility index (Phi) is 10.5. The van der Waals surface area contributed by atoms with Crippen molar-refractivity contribution >= 4 is 40.9 Å². The van der Waals surface area contributed by atoms with E-state index in [4.69, 9.17) is 32.9 Å². The molecule has 264 valence electrons. The van der Waals surface area contributed by atoms with E-state index in [2.05, 4.69) is 26.3 Å². The Morgan fingerprint density at radius 3 is 2.31 bits per heavy atom. The Morgan fingerprint density at radius 2 is 1.59 bits per heavy atom. The van der Waals surface area contributed by atoms with Crippen molar-refractivity contribution in [2.45, 2.75) is 50.9 Å². The molecule has 3 aliphatic rings. The molecule has 13 heteroatoms. The number of nitrogens with one attached hydrogen (secondary N) is 4. The first-order valence-electron chi connectivity index (χ1n) is 17.2. The summed E-state index contributed by atoms with van der Waals surface area (Å²) in [6.07, 6.45) is 4.51. The van der Waals surface area contributed by atoms with Crippen LogP contribution in [0.15, 0.2) is 60.8 Å². The number of fused-ring (bicyclic) bond motifs is 1. The Bertz CT molecular complexity index is 1990. The Hall–Kier alpha value is -4.55. The summed E-state index contributed by atoms with van der Waals surface area (Å²) in [5.41, 5.74) is 6.75. The maximum absolute atomic E-state index is 13.2. The summed E-state index contributed by atoms with van der Waals surface area (Å²) in [6.45, 7) is 3.61. The van der Waals surface area contributed by atoms with Crippen molar-refractivity contribution in [2.24, 2.45) is 0 Å². The average Bonchev–Trinajstić information content (AvgIpc) is 3.84. The fourth-order valence-corrected chi connectivity index (χ4v) is 7.61. The van der Waals surface area contributed by atoms with Gasteiger partial charge >= 0.3 is 0 Å². The third kappa shape index (κ3) is 7.57. The maximum Gasteiger partial charge on any atom is 0.254 e. The maximum atomic E-state index is 13.2. The fourth-order valence-electron chi connectivity index (χ4n) is 6.96. The molecule has 2 unspecified atom stereocenters. The molecule has 3 amide bonds. The molecule has 0 bridgehead atoms. The van der Waals surface area contributed by atoms with Gasteiger partial charge in [-0.25, -0.2) is 4.98 Å². The minimum Gasteiger partial charge on any atom is -0.481 e. The molecule has 0 aliphatic carbocycles. The lowest BCUT2D eigenvalue weighted by molar-refractivity contribution is -0.120. The van der Waals surface area contributed by atoms with E-state index in [1.165, 1.54) is 0 Å². The molecule has 2 fully saturated rings. The molecule has 0 radical (unpaired) electrons. The molecular formula is C38H39Cl2N7O4. The monoisotopic (exact) mass is 727 g/mol. The number of ether oxygens (including phenoxy) is 1. The van der Waals surface area contributed by atoms with Crippen LogP contribution < -0.4 is 26.0 Å². The standard InChI is InChI=1S/C38H39Cl2N7O4/c1-51-37-23(18-42-20-26-8-12-33(49)45-26)6-10-31(46-37)30-4-2-3-28(34(30)39)29-13-14-43-36(35(29)40)22-5-9-27-24(17-22)21-47(38(27)50)16-15-41-19-25-7-11-32(48)44-25/h2-6,9-10,13-14,17,25-26,41-42H,7-8,11-12,15-16,18-21H2,1H3,(H,44,48)(H,45,49). The number of carbonyl (C=O) groups excluding carboxylic acids is 3. The smallest absolute Gasteiger partial charge is 0.254 e. The van der Waals surface area contributed by atoms with Crippen molar-refractivity contribution in [3.63, 3.8) is 0 Å². The van der Waals surface area contributed by atoms with Gasteiger partial charge in [0.25, 0.3) is 5.91 Å². The molecule has 5 heterocycles. The summed E-state index contributed by atoms with van der Waals surface area (Å²) in [5, 5.41) is 13.6. The van der Waals surface area contributed by atoms with E-state index in [1.807, 2.05) is 59.5 Å². The lowest BCUT2D eigenvalue weighted by Crippen LogP contribution is -2.39. The highest BCUT2D eigenvalue weighted by molar-refractivity contribution is 6.39. The number of hydrogen-bond acceptors (Lipinski definition) is 8. The van der Waals surface area contributed by atoms with Gasteiger partial charge in [0, 0.05) is 104 Å². The summed E-state index contributed by atoms with van der Waals surface area (Å²) in [4.78, 5) is 47.4. The van der Waals surface area contributed by atoms with Crippen LogP contribution in [-0.4, -0.2) is 78.0 Å². The first-order valence-corrected chi connectivity index (χ1v) is 17.9. The van der Waals surface area contributed by atoms with Gasteiger partial charge in [-0.3, -0.25) is 19.4 Å². The van der Waals surface area contributed by atoms with Gasteiger partial charge in [-0.1, -0.05) is 53.5 Å². The number of nitrogens with zero attached hydrogens (tertiary/aromatic N) is 3. The van der Waals surface area contributed by atoms with Crippen molar-refractivity contribution in [3.05, 3.63) is 87.5 Å². The van der Waals surface area contributed by atoms with Crippen LogP contribution in [0.3, 0.4) is 0 Å². The van der Waals surface area contributed by atoms with E-state index in [-0.39, 0.29) is 29.8 Å².